The molecular weight excluding hydrogens is 466 g/mol. The Morgan fingerprint density at radius 3 is 2.44 bits per heavy atom. The quantitative estimate of drug-likeness (QED) is 0.437. The number of nitrogens with zero attached hydrogens (tertiary/aromatic N) is 3. The molecule has 1 amide bonds. The van der Waals surface area contributed by atoms with E-state index >= 15 is 0 Å². The van der Waals surface area contributed by atoms with Crippen LogP contribution in [0.4, 0.5) is 0 Å². The van der Waals surface area contributed by atoms with Crippen molar-refractivity contribution in [3.05, 3.63) is 52.1 Å². The van der Waals surface area contributed by atoms with Crippen molar-refractivity contribution >= 4 is 39.5 Å². The number of H-pyrrole nitrogens is 1. The van der Waals surface area contributed by atoms with Gasteiger partial charge in [0.2, 0.25) is 15.9 Å². The molecule has 172 valence electrons. The number of rotatable bonds is 9. The molecule has 1 aromatic carbocycles. The molecule has 3 aromatic rings. The van der Waals surface area contributed by atoms with Crippen LogP contribution in [0.2, 0.25) is 0 Å². The third-order valence-electron chi connectivity index (χ3n) is 5.29. The van der Waals surface area contributed by atoms with Crippen LogP contribution < -0.4 is 5.32 Å². The van der Waals surface area contributed by atoms with Gasteiger partial charge in [-0.2, -0.15) is 9.40 Å². The van der Waals surface area contributed by atoms with E-state index in [1.807, 2.05) is 38.3 Å². The smallest absolute Gasteiger partial charge is 0.243 e. The minimum atomic E-state index is -3.52. The lowest BCUT2D eigenvalue weighted by Crippen LogP contribution is -2.33. The molecular formula is C21H27N5O3S3. The van der Waals surface area contributed by atoms with Gasteiger partial charge in [0.15, 0.2) is 10.6 Å². The molecule has 8 nitrogen and oxygen atoms in total. The average molecular weight is 494 g/mol. The Kier molecular flexibility index (Phi) is 7.65. The fourth-order valence-electron chi connectivity index (χ4n) is 3.42. The molecule has 0 aliphatic rings. The van der Waals surface area contributed by atoms with Gasteiger partial charge < -0.3 is 5.32 Å². The molecule has 2 aromatic heterocycles. The zero-order chi connectivity index (χ0) is 23.5. The van der Waals surface area contributed by atoms with E-state index in [0.717, 1.165) is 10.4 Å². The van der Waals surface area contributed by atoms with Gasteiger partial charge in [0, 0.05) is 13.1 Å². The van der Waals surface area contributed by atoms with Crippen molar-refractivity contribution in [1.82, 2.24) is 24.4 Å². The van der Waals surface area contributed by atoms with E-state index in [0.29, 0.717) is 23.7 Å². The third kappa shape index (κ3) is 4.85. The van der Waals surface area contributed by atoms with Gasteiger partial charge in [0.1, 0.15) is 6.04 Å². The van der Waals surface area contributed by atoms with E-state index < -0.39 is 16.1 Å². The maximum atomic E-state index is 13.0. The molecule has 2 atom stereocenters. The predicted molar refractivity (Wildman–Crippen MR) is 129 cm³/mol. The summed E-state index contributed by atoms with van der Waals surface area (Å²) in [5.41, 5.74) is 0.804. The van der Waals surface area contributed by atoms with E-state index in [-0.39, 0.29) is 16.8 Å². The Morgan fingerprint density at radius 2 is 1.88 bits per heavy atom. The van der Waals surface area contributed by atoms with Crippen molar-refractivity contribution in [2.45, 2.75) is 44.7 Å². The summed E-state index contributed by atoms with van der Waals surface area (Å²) in [5, 5.41) is 12.0. The highest BCUT2D eigenvalue weighted by Gasteiger charge is 2.24. The number of aromatic amines is 1. The number of hydrogen-bond donors (Lipinski definition) is 2. The molecule has 0 radical (unpaired) electrons. The Balaban J connectivity index is 1.75. The minimum Gasteiger partial charge on any atom is -0.348 e. The summed E-state index contributed by atoms with van der Waals surface area (Å²) in [5.74, 6) is 0.402. The van der Waals surface area contributed by atoms with Gasteiger partial charge in [-0.15, -0.1) is 11.3 Å². The van der Waals surface area contributed by atoms with Crippen LogP contribution in [0.1, 0.15) is 45.3 Å². The second-order valence-electron chi connectivity index (χ2n) is 7.26. The average Bonchev–Trinajstić information content (AvgIpc) is 3.43. The molecule has 0 aliphatic heterocycles. The monoisotopic (exact) mass is 493 g/mol. The first-order valence-electron chi connectivity index (χ1n) is 10.3. The van der Waals surface area contributed by atoms with Crippen LogP contribution in [0.15, 0.2) is 46.7 Å². The summed E-state index contributed by atoms with van der Waals surface area (Å²) in [6, 6.07) is 9.56. The summed E-state index contributed by atoms with van der Waals surface area (Å²) >= 11 is 6.87. The van der Waals surface area contributed by atoms with E-state index in [2.05, 4.69) is 15.5 Å². The molecule has 0 saturated carbocycles. The molecule has 2 N–H and O–H groups in total. The summed E-state index contributed by atoms with van der Waals surface area (Å²) in [4.78, 5) is 14.1. The lowest BCUT2D eigenvalue weighted by Gasteiger charge is -2.21. The molecule has 0 bridgehead atoms. The van der Waals surface area contributed by atoms with Gasteiger partial charge in [-0.1, -0.05) is 32.0 Å². The van der Waals surface area contributed by atoms with E-state index in [1.54, 1.807) is 35.8 Å². The van der Waals surface area contributed by atoms with Crippen LogP contribution in [0.5, 0.6) is 0 Å². The fourth-order valence-corrected chi connectivity index (χ4v) is 5.88. The normalized spacial score (nSPS) is 13.8. The summed E-state index contributed by atoms with van der Waals surface area (Å²) in [6.45, 7) is 8.07. The maximum Gasteiger partial charge on any atom is 0.243 e. The first-order chi connectivity index (χ1) is 15.2. The second-order valence-corrected chi connectivity index (χ2v) is 10.5. The van der Waals surface area contributed by atoms with Crippen molar-refractivity contribution in [3.63, 3.8) is 0 Å². The number of carbonyl (C=O) groups is 1. The van der Waals surface area contributed by atoms with E-state index in [4.69, 9.17) is 12.2 Å². The summed E-state index contributed by atoms with van der Waals surface area (Å²) < 4.78 is 28.8. The highest BCUT2D eigenvalue weighted by molar-refractivity contribution is 7.89. The molecule has 0 fully saturated rings. The second kappa shape index (κ2) is 10.1. The van der Waals surface area contributed by atoms with Crippen molar-refractivity contribution in [1.29, 1.82) is 0 Å². The number of amides is 1. The molecule has 3 rings (SSSR count). The third-order valence-corrected chi connectivity index (χ3v) is 8.51. The number of benzene rings is 1. The van der Waals surface area contributed by atoms with Gasteiger partial charge in [-0.25, -0.2) is 8.42 Å². The Bertz CT molecular complexity index is 1210. The zero-order valence-electron chi connectivity index (χ0n) is 18.4. The van der Waals surface area contributed by atoms with Crippen LogP contribution in [-0.4, -0.2) is 46.5 Å². The molecule has 11 heteroatoms. The fraction of sp³-hybridized carbons (Fsp3) is 0.381. The van der Waals surface area contributed by atoms with Crippen LogP contribution in [0.3, 0.4) is 0 Å². The standard InChI is InChI=1S/C21H27N5O3S3/c1-5-25(6-2)32(28,29)17-11-9-16(10-12-17)14(3)22-20(27)15(4)26-19(23-24-21(26)30)18-8-7-13-31-18/h7-15H,5-6H2,1-4H3,(H,22,27)(H,24,30). The number of nitrogens with one attached hydrogen (secondary N) is 2. The first kappa shape index (κ1) is 24.3. The Morgan fingerprint density at radius 1 is 1.22 bits per heavy atom. The molecule has 2 unspecified atom stereocenters. The number of carbonyl (C=O) groups excluding carboxylic acids is 1. The minimum absolute atomic E-state index is 0.215. The molecule has 0 spiro atoms. The molecule has 0 saturated heterocycles. The van der Waals surface area contributed by atoms with Crippen molar-refractivity contribution in [2.75, 3.05) is 13.1 Å². The topological polar surface area (TPSA) is 100 Å². The predicted octanol–water partition coefficient (Wildman–Crippen LogP) is 4.14. The van der Waals surface area contributed by atoms with Crippen molar-refractivity contribution < 1.29 is 13.2 Å². The van der Waals surface area contributed by atoms with Crippen LogP contribution in [0, 0.1) is 4.77 Å². The SMILES string of the molecule is CCN(CC)S(=O)(=O)c1ccc(C(C)NC(=O)C(C)n2c(-c3cccs3)n[nH]c2=S)cc1. The number of hydrogen-bond acceptors (Lipinski definition) is 6. The van der Waals surface area contributed by atoms with Gasteiger partial charge in [0.05, 0.1) is 15.8 Å². The molecule has 2 heterocycles. The Hall–Kier alpha value is -2.34. The van der Waals surface area contributed by atoms with Gasteiger partial charge >= 0.3 is 0 Å². The number of aromatic nitrogens is 3. The number of thiophene rings is 1. The van der Waals surface area contributed by atoms with Crippen molar-refractivity contribution in [2.24, 2.45) is 0 Å². The molecule has 0 aliphatic carbocycles. The van der Waals surface area contributed by atoms with Gasteiger partial charge in [0.25, 0.3) is 0 Å². The van der Waals surface area contributed by atoms with Gasteiger partial charge in [-0.05, 0) is 55.2 Å². The van der Waals surface area contributed by atoms with Crippen LogP contribution >= 0.6 is 23.6 Å². The first-order valence-corrected chi connectivity index (χ1v) is 13.0. The highest BCUT2D eigenvalue weighted by atomic mass is 32.2. The summed E-state index contributed by atoms with van der Waals surface area (Å²) in [6.07, 6.45) is 0. The largest absolute Gasteiger partial charge is 0.348 e. The van der Waals surface area contributed by atoms with Crippen LogP contribution in [-0.2, 0) is 14.8 Å². The van der Waals surface area contributed by atoms with Crippen LogP contribution in [0.25, 0.3) is 10.7 Å². The lowest BCUT2D eigenvalue weighted by molar-refractivity contribution is -0.124. The van der Waals surface area contributed by atoms with Gasteiger partial charge in [-0.3, -0.25) is 14.5 Å². The highest BCUT2D eigenvalue weighted by Crippen LogP contribution is 2.26. The van der Waals surface area contributed by atoms with E-state index in [1.165, 1.54) is 15.6 Å². The summed E-state index contributed by atoms with van der Waals surface area (Å²) in [7, 11) is -3.52. The number of sulfonamides is 1. The van der Waals surface area contributed by atoms with E-state index in [9.17, 15) is 13.2 Å². The molecule has 32 heavy (non-hydrogen) atoms. The maximum absolute atomic E-state index is 13.0. The van der Waals surface area contributed by atoms with Crippen molar-refractivity contribution in [3.8, 4) is 10.7 Å². The lowest BCUT2D eigenvalue weighted by atomic mass is 10.1. The zero-order valence-corrected chi connectivity index (χ0v) is 20.9. The Labute approximate surface area is 197 Å².